The number of nitrogens with zero attached hydrogens (tertiary/aromatic N) is 3. The monoisotopic (exact) mass is 367 g/mol. The molecule has 0 fully saturated rings. The molecule has 6 nitrogen and oxygen atoms in total. The largest absolute Gasteiger partial charge is 0.478 e. The van der Waals surface area contributed by atoms with E-state index >= 15 is 0 Å². The molecule has 0 aliphatic rings. The first-order valence-electron chi connectivity index (χ1n) is 8.00. The Balaban J connectivity index is 1.76. The van der Waals surface area contributed by atoms with Gasteiger partial charge in [0.1, 0.15) is 10.8 Å². The van der Waals surface area contributed by atoms with E-state index in [1.807, 2.05) is 44.2 Å². The molecule has 0 radical (unpaired) electrons. The molecule has 3 heterocycles. The minimum Gasteiger partial charge on any atom is -0.478 e. The van der Waals surface area contributed by atoms with E-state index in [-0.39, 0.29) is 11.5 Å². The average Bonchev–Trinajstić information content (AvgIpc) is 3.07. The summed E-state index contributed by atoms with van der Waals surface area (Å²) in [6.45, 7) is 3.80. The summed E-state index contributed by atoms with van der Waals surface area (Å²) < 4.78 is 5.74. The average molecular weight is 367 g/mol. The first-order chi connectivity index (χ1) is 12.5. The van der Waals surface area contributed by atoms with Gasteiger partial charge in [-0.1, -0.05) is 19.9 Å². The topological polar surface area (TPSA) is 89.1 Å². The number of aromatic nitrogens is 3. The predicted octanol–water partition coefficient (Wildman–Crippen LogP) is 4.61. The summed E-state index contributed by atoms with van der Waals surface area (Å²) in [4.78, 5) is 23.9. The van der Waals surface area contributed by atoms with E-state index in [4.69, 9.17) is 4.42 Å². The van der Waals surface area contributed by atoms with E-state index in [9.17, 15) is 9.90 Å². The van der Waals surface area contributed by atoms with E-state index in [0.717, 1.165) is 10.1 Å². The Labute approximate surface area is 155 Å². The van der Waals surface area contributed by atoms with Crippen molar-refractivity contribution in [3.8, 4) is 0 Å². The number of pyridine rings is 1. The van der Waals surface area contributed by atoms with E-state index in [0.29, 0.717) is 17.3 Å². The molecular formula is C19H17N3O3S. The van der Waals surface area contributed by atoms with Gasteiger partial charge in [-0.3, -0.25) is 0 Å². The molecule has 26 heavy (non-hydrogen) atoms. The Hall–Kier alpha value is -2.93. The third kappa shape index (κ3) is 4.37. The first kappa shape index (κ1) is 17.9. The number of hydrogen-bond acceptors (Lipinski definition) is 6. The molecule has 3 aromatic rings. The van der Waals surface area contributed by atoms with E-state index in [1.165, 1.54) is 18.0 Å². The van der Waals surface area contributed by atoms with Crippen LogP contribution in [-0.2, 0) is 0 Å². The van der Waals surface area contributed by atoms with Gasteiger partial charge < -0.3 is 9.52 Å². The Morgan fingerprint density at radius 2 is 2.04 bits per heavy atom. The molecule has 0 aromatic carbocycles. The molecule has 0 saturated carbocycles. The van der Waals surface area contributed by atoms with Crippen LogP contribution < -0.4 is 0 Å². The number of carbonyl (C=O) groups is 1. The van der Waals surface area contributed by atoms with Crippen LogP contribution in [0.25, 0.3) is 12.2 Å². The van der Waals surface area contributed by atoms with Crippen LogP contribution in [0.1, 0.15) is 47.4 Å². The van der Waals surface area contributed by atoms with Crippen LogP contribution in [0.5, 0.6) is 0 Å². The maximum absolute atomic E-state index is 11.2. The van der Waals surface area contributed by atoms with Gasteiger partial charge in [-0.25, -0.2) is 19.7 Å². The van der Waals surface area contributed by atoms with Gasteiger partial charge in [-0.2, -0.15) is 0 Å². The van der Waals surface area contributed by atoms with Crippen molar-refractivity contribution in [1.29, 1.82) is 0 Å². The van der Waals surface area contributed by atoms with Gasteiger partial charge in [0.05, 0.1) is 11.3 Å². The second-order valence-electron chi connectivity index (χ2n) is 5.75. The zero-order valence-electron chi connectivity index (χ0n) is 14.3. The van der Waals surface area contributed by atoms with Crippen LogP contribution in [0, 0.1) is 0 Å². The molecule has 0 aliphatic heterocycles. The lowest BCUT2D eigenvalue weighted by Crippen LogP contribution is -2.08. The molecule has 3 aromatic heterocycles. The summed E-state index contributed by atoms with van der Waals surface area (Å²) in [7, 11) is 0. The molecule has 0 aliphatic carbocycles. The van der Waals surface area contributed by atoms with Crippen molar-refractivity contribution in [2.24, 2.45) is 0 Å². The minimum absolute atomic E-state index is 0.0127. The van der Waals surface area contributed by atoms with Crippen molar-refractivity contribution in [2.75, 3.05) is 0 Å². The van der Waals surface area contributed by atoms with Gasteiger partial charge in [0, 0.05) is 12.4 Å². The molecule has 0 unspecified atom stereocenters. The van der Waals surface area contributed by atoms with Crippen molar-refractivity contribution in [2.45, 2.75) is 29.9 Å². The second-order valence-corrected chi connectivity index (χ2v) is 6.77. The maximum Gasteiger partial charge on any atom is 0.339 e. The summed E-state index contributed by atoms with van der Waals surface area (Å²) in [6, 6.07) is 9.41. The Morgan fingerprint density at radius 1 is 1.19 bits per heavy atom. The van der Waals surface area contributed by atoms with E-state index in [2.05, 4.69) is 15.0 Å². The molecule has 3 rings (SSSR count). The van der Waals surface area contributed by atoms with Gasteiger partial charge in [-0.05, 0) is 54.1 Å². The molecule has 1 N–H and O–H groups in total. The molecule has 7 heteroatoms. The lowest BCUT2D eigenvalue weighted by Gasteiger charge is -2.08. The zero-order chi connectivity index (χ0) is 18.5. The van der Waals surface area contributed by atoms with Gasteiger partial charge >= 0.3 is 5.97 Å². The number of carboxylic acids is 1. The molecule has 0 saturated heterocycles. The van der Waals surface area contributed by atoms with Crippen LogP contribution in [0.2, 0.25) is 0 Å². The molecule has 0 spiro atoms. The summed E-state index contributed by atoms with van der Waals surface area (Å²) in [5.41, 5.74) is 0.641. The van der Waals surface area contributed by atoms with Crippen LogP contribution in [0.3, 0.4) is 0 Å². The Bertz CT molecular complexity index is 936. The Morgan fingerprint density at radius 3 is 2.73 bits per heavy atom. The number of rotatable bonds is 6. The quantitative estimate of drug-likeness (QED) is 0.680. The van der Waals surface area contributed by atoms with E-state index < -0.39 is 5.97 Å². The first-order valence-corrected chi connectivity index (χ1v) is 8.81. The number of hydrogen-bond donors (Lipinski definition) is 1. The SMILES string of the molecule is CC(C)c1nc(/C=C/c2ccc(Sc3ccccn3)o2)ncc1C(=O)O. The molecule has 0 atom stereocenters. The summed E-state index contributed by atoms with van der Waals surface area (Å²) >= 11 is 1.43. The van der Waals surface area contributed by atoms with Crippen LogP contribution >= 0.6 is 11.8 Å². The third-order valence-electron chi connectivity index (χ3n) is 3.46. The maximum atomic E-state index is 11.2. The zero-order valence-corrected chi connectivity index (χ0v) is 15.1. The Kier molecular flexibility index (Phi) is 5.48. The standard InChI is InChI=1S/C19H17N3O3S/c1-12(2)18-14(19(23)24)11-21-15(22-18)8-6-13-7-9-17(25-13)26-16-5-3-4-10-20-16/h3-12H,1-2H3,(H,23,24)/b8-6+. The summed E-state index contributed by atoms with van der Waals surface area (Å²) in [6.07, 6.45) is 6.53. The van der Waals surface area contributed by atoms with Crippen molar-refractivity contribution < 1.29 is 14.3 Å². The lowest BCUT2D eigenvalue weighted by atomic mass is 10.1. The third-order valence-corrected chi connectivity index (χ3v) is 4.33. The molecule has 0 amide bonds. The van der Waals surface area contributed by atoms with Crippen molar-refractivity contribution >= 4 is 29.9 Å². The number of carboxylic acid groups (broad SMARTS) is 1. The van der Waals surface area contributed by atoms with E-state index in [1.54, 1.807) is 18.3 Å². The van der Waals surface area contributed by atoms with Crippen LogP contribution in [-0.4, -0.2) is 26.0 Å². The van der Waals surface area contributed by atoms with Crippen molar-refractivity contribution in [3.05, 3.63) is 65.6 Å². The lowest BCUT2D eigenvalue weighted by molar-refractivity contribution is 0.0694. The normalized spacial score (nSPS) is 11.3. The molecule has 132 valence electrons. The smallest absolute Gasteiger partial charge is 0.339 e. The van der Waals surface area contributed by atoms with Crippen molar-refractivity contribution in [3.63, 3.8) is 0 Å². The number of furan rings is 1. The summed E-state index contributed by atoms with van der Waals surface area (Å²) in [5.74, 6) is 0.0576. The fourth-order valence-corrected chi connectivity index (χ4v) is 2.98. The minimum atomic E-state index is -1.02. The predicted molar refractivity (Wildman–Crippen MR) is 99.1 cm³/mol. The highest BCUT2D eigenvalue weighted by Crippen LogP contribution is 2.28. The van der Waals surface area contributed by atoms with Gasteiger partial charge in [0.25, 0.3) is 0 Å². The van der Waals surface area contributed by atoms with Gasteiger partial charge in [0.2, 0.25) is 0 Å². The highest BCUT2D eigenvalue weighted by molar-refractivity contribution is 7.99. The fraction of sp³-hybridized carbons (Fsp3) is 0.158. The van der Waals surface area contributed by atoms with Crippen molar-refractivity contribution in [1.82, 2.24) is 15.0 Å². The van der Waals surface area contributed by atoms with Crippen LogP contribution in [0.15, 0.2) is 57.3 Å². The molecular weight excluding hydrogens is 350 g/mol. The summed E-state index contributed by atoms with van der Waals surface area (Å²) in [5, 5.41) is 10.8. The fourth-order valence-electron chi connectivity index (χ4n) is 2.24. The highest BCUT2D eigenvalue weighted by atomic mass is 32.2. The van der Waals surface area contributed by atoms with Gasteiger partial charge in [0.15, 0.2) is 10.9 Å². The molecule has 0 bridgehead atoms. The second kappa shape index (κ2) is 7.97. The highest BCUT2D eigenvalue weighted by Gasteiger charge is 2.15. The van der Waals surface area contributed by atoms with Crippen LogP contribution in [0.4, 0.5) is 0 Å². The van der Waals surface area contributed by atoms with Gasteiger partial charge in [-0.15, -0.1) is 0 Å². The number of aromatic carboxylic acids is 1.